The zero-order valence-electron chi connectivity index (χ0n) is 14.4. The summed E-state index contributed by atoms with van der Waals surface area (Å²) in [7, 11) is 1.54. The zero-order chi connectivity index (χ0) is 19.0. The number of ether oxygens (including phenoxy) is 1. The van der Waals surface area contributed by atoms with Gasteiger partial charge in [-0.25, -0.2) is 4.79 Å². The first kappa shape index (κ1) is 17.3. The lowest BCUT2D eigenvalue weighted by Crippen LogP contribution is -2.15. The summed E-state index contributed by atoms with van der Waals surface area (Å²) in [5.74, 6) is 0.586. The number of carbonyl (C=O) groups is 2. The highest BCUT2D eigenvalue weighted by molar-refractivity contribution is 8.03. The second kappa shape index (κ2) is 6.89. The summed E-state index contributed by atoms with van der Waals surface area (Å²) in [5.41, 5.74) is 1.51. The second-order valence-electron chi connectivity index (χ2n) is 5.99. The first-order chi connectivity index (χ1) is 13.1. The van der Waals surface area contributed by atoms with Crippen LogP contribution in [-0.2, 0) is 5.75 Å². The number of methoxy groups -OCH3 is 1. The Labute approximate surface area is 158 Å². The monoisotopic (exact) mass is 378 g/mol. The van der Waals surface area contributed by atoms with E-state index in [9.17, 15) is 14.4 Å². The van der Waals surface area contributed by atoms with Crippen molar-refractivity contribution >= 4 is 34.3 Å². The largest absolute Gasteiger partial charge is 0.497 e. The van der Waals surface area contributed by atoms with Crippen molar-refractivity contribution in [3.63, 3.8) is 0 Å². The van der Waals surface area contributed by atoms with Crippen LogP contribution in [-0.4, -0.2) is 18.7 Å². The highest BCUT2D eigenvalue weighted by Gasteiger charge is 2.25. The Kier molecular flexibility index (Phi) is 4.41. The third-order valence-electron chi connectivity index (χ3n) is 4.34. The van der Waals surface area contributed by atoms with Crippen LogP contribution in [0.5, 0.6) is 5.75 Å². The number of carbonyl (C=O) groups excluding carboxylic acids is 2. The normalized spacial score (nSPS) is 13.4. The number of ketones is 2. The molecule has 0 N–H and O–H groups in total. The fourth-order valence-corrected chi connectivity index (χ4v) is 3.99. The molecule has 0 saturated carbocycles. The molecule has 0 spiro atoms. The number of rotatable bonds is 4. The quantitative estimate of drug-likeness (QED) is 0.639. The van der Waals surface area contributed by atoms with E-state index in [4.69, 9.17) is 9.15 Å². The van der Waals surface area contributed by atoms with Gasteiger partial charge in [-0.2, -0.15) is 0 Å². The van der Waals surface area contributed by atoms with Crippen LogP contribution in [0.4, 0.5) is 0 Å². The maximum atomic E-state index is 12.7. The van der Waals surface area contributed by atoms with Crippen molar-refractivity contribution in [2.75, 3.05) is 7.11 Å². The van der Waals surface area contributed by atoms with Gasteiger partial charge in [-0.15, -0.1) is 11.8 Å². The molecule has 1 heterocycles. The van der Waals surface area contributed by atoms with E-state index < -0.39 is 5.63 Å². The fraction of sp³-hybridized carbons (Fsp3) is 0.0952. The van der Waals surface area contributed by atoms with Gasteiger partial charge in [-0.1, -0.05) is 24.3 Å². The van der Waals surface area contributed by atoms with E-state index in [1.807, 2.05) is 6.07 Å². The SMILES string of the molecule is COc1ccc2c(CSC3=CC(=O)c4ccccc4C3=O)cc(=O)oc2c1. The summed E-state index contributed by atoms with van der Waals surface area (Å²) in [6, 6.07) is 13.4. The van der Waals surface area contributed by atoms with Crippen molar-refractivity contribution in [3.8, 4) is 5.75 Å². The summed E-state index contributed by atoms with van der Waals surface area (Å²) in [5, 5.41) is 0.762. The van der Waals surface area contributed by atoms with Gasteiger partial charge < -0.3 is 9.15 Å². The Morgan fingerprint density at radius 2 is 1.78 bits per heavy atom. The minimum absolute atomic E-state index is 0.177. The van der Waals surface area contributed by atoms with E-state index in [1.54, 1.807) is 36.4 Å². The Balaban J connectivity index is 1.65. The average molecular weight is 378 g/mol. The molecule has 3 aromatic rings. The Bertz CT molecular complexity index is 1170. The summed E-state index contributed by atoms with van der Waals surface area (Å²) < 4.78 is 10.4. The molecule has 1 aromatic heterocycles. The maximum absolute atomic E-state index is 12.7. The molecule has 0 atom stereocenters. The number of thioether (sulfide) groups is 1. The van der Waals surface area contributed by atoms with Crippen LogP contribution in [0.3, 0.4) is 0 Å². The lowest BCUT2D eigenvalue weighted by atomic mass is 9.95. The van der Waals surface area contributed by atoms with E-state index in [-0.39, 0.29) is 11.6 Å². The van der Waals surface area contributed by atoms with Crippen LogP contribution in [0.1, 0.15) is 26.3 Å². The molecule has 1 aliphatic carbocycles. The van der Waals surface area contributed by atoms with Crippen LogP contribution in [0.25, 0.3) is 11.0 Å². The standard InChI is InChI=1S/C21H14O5S/c1-25-13-6-7-14-12(8-20(23)26-18(14)9-13)11-27-19-10-17(22)15-4-2-3-5-16(15)21(19)24/h2-10H,11H2,1H3. The van der Waals surface area contributed by atoms with Gasteiger partial charge in [0, 0.05) is 40.5 Å². The Hall–Kier alpha value is -3.12. The summed E-state index contributed by atoms with van der Waals surface area (Å²) >= 11 is 1.24. The number of fused-ring (bicyclic) bond motifs is 2. The molecule has 4 rings (SSSR count). The van der Waals surface area contributed by atoms with Crippen molar-refractivity contribution in [2.45, 2.75) is 5.75 Å². The molecule has 27 heavy (non-hydrogen) atoms. The maximum Gasteiger partial charge on any atom is 0.336 e. The first-order valence-corrected chi connectivity index (χ1v) is 9.19. The van der Waals surface area contributed by atoms with Gasteiger partial charge in [0.2, 0.25) is 0 Å². The number of hydrogen-bond donors (Lipinski definition) is 0. The Morgan fingerprint density at radius 3 is 2.56 bits per heavy atom. The highest BCUT2D eigenvalue weighted by Crippen LogP contribution is 2.32. The van der Waals surface area contributed by atoms with E-state index in [2.05, 4.69) is 0 Å². The third-order valence-corrected chi connectivity index (χ3v) is 5.41. The topological polar surface area (TPSA) is 73.6 Å². The van der Waals surface area contributed by atoms with Gasteiger partial charge in [0.25, 0.3) is 0 Å². The van der Waals surface area contributed by atoms with Crippen LogP contribution in [0, 0.1) is 0 Å². The summed E-state index contributed by atoms with van der Waals surface area (Å²) in [4.78, 5) is 37.2. The molecule has 0 radical (unpaired) electrons. The van der Waals surface area contributed by atoms with Crippen LogP contribution in [0.15, 0.2) is 68.7 Å². The van der Waals surface area contributed by atoms with E-state index in [0.717, 1.165) is 10.9 Å². The van der Waals surface area contributed by atoms with Crippen molar-refractivity contribution in [3.05, 3.63) is 86.6 Å². The van der Waals surface area contributed by atoms with Gasteiger partial charge in [0.05, 0.1) is 12.0 Å². The number of hydrogen-bond acceptors (Lipinski definition) is 6. The second-order valence-corrected chi connectivity index (χ2v) is 7.01. The molecule has 1 aliphatic rings. The molecule has 0 bridgehead atoms. The predicted octanol–water partition coefficient (Wildman–Crippen LogP) is 4.00. The third kappa shape index (κ3) is 3.19. The van der Waals surface area contributed by atoms with Crippen molar-refractivity contribution in [2.24, 2.45) is 0 Å². The average Bonchev–Trinajstić information content (AvgIpc) is 2.68. The number of allylic oxidation sites excluding steroid dienone is 2. The minimum Gasteiger partial charge on any atom is -0.497 e. The molecule has 0 unspecified atom stereocenters. The molecule has 0 saturated heterocycles. The van der Waals surface area contributed by atoms with Gasteiger partial charge >= 0.3 is 5.63 Å². The number of Topliss-reactive ketones (excluding diaryl/α,β-unsaturated/α-hetero) is 1. The molecule has 6 heteroatoms. The van der Waals surface area contributed by atoms with Gasteiger partial charge in [0.1, 0.15) is 11.3 Å². The molecule has 134 valence electrons. The molecular weight excluding hydrogens is 364 g/mol. The van der Waals surface area contributed by atoms with Crippen molar-refractivity contribution in [1.82, 2.24) is 0 Å². The molecule has 0 aliphatic heterocycles. The summed E-state index contributed by atoms with van der Waals surface area (Å²) in [6.07, 6.45) is 1.37. The molecular formula is C21H14O5S. The molecule has 0 fully saturated rings. The first-order valence-electron chi connectivity index (χ1n) is 8.20. The lowest BCUT2D eigenvalue weighted by Gasteiger charge is -2.14. The fourth-order valence-electron chi connectivity index (χ4n) is 3.01. The van der Waals surface area contributed by atoms with Crippen LogP contribution in [0.2, 0.25) is 0 Å². The number of benzene rings is 2. The smallest absolute Gasteiger partial charge is 0.336 e. The van der Waals surface area contributed by atoms with Crippen LogP contribution < -0.4 is 10.4 Å². The molecule has 0 amide bonds. The predicted molar refractivity (Wildman–Crippen MR) is 104 cm³/mol. The molecule has 2 aromatic carbocycles. The highest BCUT2D eigenvalue weighted by atomic mass is 32.2. The molecule has 5 nitrogen and oxygen atoms in total. The van der Waals surface area contributed by atoms with Gasteiger partial charge in [0.15, 0.2) is 11.6 Å². The van der Waals surface area contributed by atoms with Gasteiger partial charge in [-0.05, 0) is 17.7 Å². The van der Waals surface area contributed by atoms with E-state index in [0.29, 0.717) is 33.1 Å². The Morgan fingerprint density at radius 1 is 1.00 bits per heavy atom. The van der Waals surface area contributed by atoms with Crippen LogP contribution >= 0.6 is 11.8 Å². The van der Waals surface area contributed by atoms with Crippen molar-refractivity contribution < 1.29 is 18.7 Å². The zero-order valence-corrected chi connectivity index (χ0v) is 15.2. The van der Waals surface area contributed by atoms with Gasteiger partial charge in [-0.3, -0.25) is 9.59 Å². The van der Waals surface area contributed by atoms with E-state index >= 15 is 0 Å². The summed E-state index contributed by atoms with van der Waals surface area (Å²) in [6.45, 7) is 0. The van der Waals surface area contributed by atoms with Crippen molar-refractivity contribution in [1.29, 1.82) is 0 Å². The van der Waals surface area contributed by atoms with E-state index in [1.165, 1.54) is 31.0 Å². The minimum atomic E-state index is -0.475. The lowest BCUT2D eigenvalue weighted by molar-refractivity contribution is 0.0991.